The van der Waals surface area contributed by atoms with Gasteiger partial charge in [0.15, 0.2) is 0 Å². The number of hydrogen-bond acceptors (Lipinski definition) is 3. The number of nitrogen functional groups attached to an aromatic ring is 1. The number of hydrogen-bond donors (Lipinski definition) is 2. The van der Waals surface area contributed by atoms with Crippen molar-refractivity contribution in [1.82, 2.24) is 10.3 Å². The summed E-state index contributed by atoms with van der Waals surface area (Å²) in [4.78, 5) is 16.1. The second kappa shape index (κ2) is 5.52. The molecule has 0 unspecified atom stereocenters. The highest BCUT2D eigenvalue weighted by Gasteiger charge is 2.10. The van der Waals surface area contributed by atoms with Gasteiger partial charge in [-0.2, -0.15) is 0 Å². The molecule has 0 fully saturated rings. The topological polar surface area (TPSA) is 68.0 Å². The summed E-state index contributed by atoms with van der Waals surface area (Å²) in [6.07, 6.45) is 3.49. The number of carbonyl (C=O) groups is 1. The standard InChI is InChI=1S/C15H17N3O/c1-10-3-4-14(16)13(7-10)15(19)18-9-12-8-17-6-5-11(12)2/h3-8H,9,16H2,1-2H3,(H,18,19). The molecule has 4 nitrogen and oxygen atoms in total. The number of nitrogens with one attached hydrogen (secondary N) is 1. The molecule has 0 saturated heterocycles. The van der Waals surface area contributed by atoms with Crippen LogP contribution in [0.25, 0.3) is 0 Å². The molecule has 1 amide bonds. The first kappa shape index (κ1) is 13.1. The molecule has 1 aromatic carbocycles. The fourth-order valence-corrected chi connectivity index (χ4v) is 1.82. The lowest BCUT2D eigenvalue weighted by molar-refractivity contribution is 0.0951. The summed E-state index contributed by atoms with van der Waals surface area (Å²) in [7, 11) is 0. The minimum atomic E-state index is -0.163. The summed E-state index contributed by atoms with van der Waals surface area (Å²) >= 11 is 0. The Morgan fingerprint density at radius 3 is 2.84 bits per heavy atom. The van der Waals surface area contributed by atoms with Gasteiger partial charge in [0.25, 0.3) is 5.91 Å². The quantitative estimate of drug-likeness (QED) is 0.826. The average molecular weight is 255 g/mol. The summed E-state index contributed by atoms with van der Waals surface area (Å²) in [5.74, 6) is -0.163. The Labute approximate surface area is 112 Å². The van der Waals surface area contributed by atoms with Gasteiger partial charge in [0.1, 0.15) is 0 Å². The molecule has 0 bridgehead atoms. The number of benzene rings is 1. The van der Waals surface area contributed by atoms with Crippen molar-refractivity contribution in [1.29, 1.82) is 0 Å². The maximum Gasteiger partial charge on any atom is 0.253 e. The molecule has 0 aliphatic carbocycles. The van der Waals surface area contributed by atoms with Crippen molar-refractivity contribution in [3.05, 3.63) is 58.9 Å². The molecule has 19 heavy (non-hydrogen) atoms. The zero-order valence-corrected chi connectivity index (χ0v) is 11.1. The first-order valence-electron chi connectivity index (χ1n) is 6.12. The Hall–Kier alpha value is -2.36. The van der Waals surface area contributed by atoms with E-state index in [2.05, 4.69) is 10.3 Å². The third-order valence-electron chi connectivity index (χ3n) is 3.04. The number of aryl methyl sites for hydroxylation is 2. The van der Waals surface area contributed by atoms with Gasteiger partial charge in [-0.05, 0) is 43.2 Å². The zero-order valence-electron chi connectivity index (χ0n) is 11.1. The van der Waals surface area contributed by atoms with E-state index in [0.717, 1.165) is 16.7 Å². The van der Waals surface area contributed by atoms with E-state index in [-0.39, 0.29) is 5.91 Å². The molecule has 0 saturated carbocycles. The summed E-state index contributed by atoms with van der Waals surface area (Å²) in [5.41, 5.74) is 9.94. The van der Waals surface area contributed by atoms with Crippen LogP contribution in [0.2, 0.25) is 0 Å². The Morgan fingerprint density at radius 1 is 1.32 bits per heavy atom. The number of nitrogens with two attached hydrogens (primary N) is 1. The van der Waals surface area contributed by atoms with Crippen molar-refractivity contribution in [2.75, 3.05) is 5.73 Å². The monoisotopic (exact) mass is 255 g/mol. The van der Waals surface area contributed by atoms with Crippen LogP contribution < -0.4 is 11.1 Å². The van der Waals surface area contributed by atoms with E-state index in [1.165, 1.54) is 0 Å². The Morgan fingerprint density at radius 2 is 2.11 bits per heavy atom. The smallest absolute Gasteiger partial charge is 0.253 e. The van der Waals surface area contributed by atoms with Crippen molar-refractivity contribution >= 4 is 11.6 Å². The van der Waals surface area contributed by atoms with Crippen molar-refractivity contribution in [2.45, 2.75) is 20.4 Å². The van der Waals surface area contributed by atoms with Gasteiger partial charge < -0.3 is 11.1 Å². The number of pyridine rings is 1. The molecule has 0 aliphatic rings. The fraction of sp³-hybridized carbons (Fsp3) is 0.200. The minimum Gasteiger partial charge on any atom is -0.398 e. The van der Waals surface area contributed by atoms with Crippen LogP contribution in [0.4, 0.5) is 5.69 Å². The number of nitrogens with zero attached hydrogens (tertiary/aromatic N) is 1. The molecule has 3 N–H and O–H groups in total. The lowest BCUT2D eigenvalue weighted by atomic mass is 10.1. The fourth-order valence-electron chi connectivity index (χ4n) is 1.82. The summed E-state index contributed by atoms with van der Waals surface area (Å²) in [6, 6.07) is 7.35. The summed E-state index contributed by atoms with van der Waals surface area (Å²) < 4.78 is 0. The molecule has 1 aromatic heterocycles. The Kier molecular flexibility index (Phi) is 3.80. The zero-order chi connectivity index (χ0) is 13.8. The molecule has 4 heteroatoms. The number of rotatable bonds is 3. The van der Waals surface area contributed by atoms with Gasteiger partial charge >= 0.3 is 0 Å². The van der Waals surface area contributed by atoms with E-state index >= 15 is 0 Å². The second-order valence-electron chi connectivity index (χ2n) is 4.58. The van der Waals surface area contributed by atoms with E-state index < -0.39 is 0 Å². The number of amides is 1. The minimum absolute atomic E-state index is 0.163. The molecular weight excluding hydrogens is 238 g/mol. The van der Waals surface area contributed by atoms with Gasteiger partial charge in [0, 0.05) is 24.6 Å². The van der Waals surface area contributed by atoms with Crippen molar-refractivity contribution in [3.8, 4) is 0 Å². The predicted octanol–water partition coefficient (Wildman–Crippen LogP) is 2.21. The van der Waals surface area contributed by atoms with E-state index in [0.29, 0.717) is 17.8 Å². The molecular formula is C15H17N3O. The SMILES string of the molecule is Cc1ccc(N)c(C(=O)NCc2cnccc2C)c1. The van der Waals surface area contributed by atoms with Crippen LogP contribution in [0.1, 0.15) is 27.0 Å². The number of anilines is 1. The largest absolute Gasteiger partial charge is 0.398 e. The summed E-state index contributed by atoms with van der Waals surface area (Å²) in [5, 5.41) is 2.87. The molecule has 0 spiro atoms. The van der Waals surface area contributed by atoms with Gasteiger partial charge in [-0.25, -0.2) is 0 Å². The van der Waals surface area contributed by atoms with Gasteiger partial charge in [-0.15, -0.1) is 0 Å². The van der Waals surface area contributed by atoms with Crippen LogP contribution in [0.3, 0.4) is 0 Å². The van der Waals surface area contributed by atoms with Crippen molar-refractivity contribution in [2.24, 2.45) is 0 Å². The van der Waals surface area contributed by atoms with Crippen LogP contribution in [-0.2, 0) is 6.54 Å². The number of aromatic nitrogens is 1. The molecule has 0 atom stereocenters. The summed E-state index contributed by atoms with van der Waals surface area (Å²) in [6.45, 7) is 4.37. The maximum absolute atomic E-state index is 12.1. The third kappa shape index (κ3) is 3.10. The molecule has 0 aliphatic heterocycles. The van der Waals surface area contributed by atoms with Gasteiger partial charge in [0.2, 0.25) is 0 Å². The van der Waals surface area contributed by atoms with E-state index in [4.69, 9.17) is 5.73 Å². The molecule has 1 heterocycles. The highest BCUT2D eigenvalue weighted by Crippen LogP contribution is 2.14. The van der Waals surface area contributed by atoms with Crippen LogP contribution in [0, 0.1) is 13.8 Å². The average Bonchev–Trinajstić information content (AvgIpc) is 2.40. The predicted molar refractivity (Wildman–Crippen MR) is 75.7 cm³/mol. The van der Waals surface area contributed by atoms with Gasteiger partial charge in [0.05, 0.1) is 5.56 Å². The maximum atomic E-state index is 12.1. The van der Waals surface area contributed by atoms with E-state index in [1.807, 2.05) is 26.0 Å². The van der Waals surface area contributed by atoms with Crippen molar-refractivity contribution < 1.29 is 4.79 Å². The Bertz CT molecular complexity index is 608. The van der Waals surface area contributed by atoms with Crippen LogP contribution >= 0.6 is 0 Å². The third-order valence-corrected chi connectivity index (χ3v) is 3.04. The van der Waals surface area contributed by atoms with E-state index in [1.54, 1.807) is 24.5 Å². The van der Waals surface area contributed by atoms with Crippen LogP contribution in [0.15, 0.2) is 36.7 Å². The van der Waals surface area contributed by atoms with Crippen LogP contribution in [0.5, 0.6) is 0 Å². The lowest BCUT2D eigenvalue weighted by Gasteiger charge is -2.09. The Balaban J connectivity index is 2.10. The molecule has 98 valence electrons. The number of carbonyl (C=O) groups excluding carboxylic acids is 1. The van der Waals surface area contributed by atoms with Gasteiger partial charge in [-0.1, -0.05) is 11.6 Å². The second-order valence-corrected chi connectivity index (χ2v) is 4.58. The molecule has 2 aromatic rings. The van der Waals surface area contributed by atoms with Crippen LogP contribution in [-0.4, -0.2) is 10.9 Å². The lowest BCUT2D eigenvalue weighted by Crippen LogP contribution is -2.24. The van der Waals surface area contributed by atoms with Crippen molar-refractivity contribution in [3.63, 3.8) is 0 Å². The first-order chi connectivity index (χ1) is 9.08. The highest BCUT2D eigenvalue weighted by molar-refractivity contribution is 5.99. The first-order valence-corrected chi connectivity index (χ1v) is 6.12. The molecule has 2 rings (SSSR count). The highest BCUT2D eigenvalue weighted by atomic mass is 16.1. The molecule has 0 radical (unpaired) electrons. The van der Waals surface area contributed by atoms with E-state index in [9.17, 15) is 4.79 Å². The normalized spacial score (nSPS) is 10.2. The van der Waals surface area contributed by atoms with Gasteiger partial charge in [-0.3, -0.25) is 9.78 Å².